The summed E-state index contributed by atoms with van der Waals surface area (Å²) < 4.78 is 30.3. The van der Waals surface area contributed by atoms with Gasteiger partial charge in [0.2, 0.25) is 15.9 Å². The van der Waals surface area contributed by atoms with Gasteiger partial charge in [-0.25, -0.2) is 13.2 Å². The molecule has 1 amide bonds. The number of nitrogens with one attached hydrogen (secondary N) is 1. The second-order valence-corrected chi connectivity index (χ2v) is 8.04. The van der Waals surface area contributed by atoms with Gasteiger partial charge in [0.15, 0.2) is 0 Å². The molecule has 1 aromatic heterocycles. The second kappa shape index (κ2) is 7.36. The van der Waals surface area contributed by atoms with Gasteiger partial charge < -0.3 is 9.30 Å². The molecule has 0 spiro atoms. The summed E-state index contributed by atoms with van der Waals surface area (Å²) in [6.07, 6.45) is 2.84. The van der Waals surface area contributed by atoms with Crippen molar-refractivity contribution in [1.29, 1.82) is 0 Å². The molecule has 3 rings (SSSR count). The standard InChI is InChI=1S/C18H18N2O6S/c1-27(24,25)19-16(21)3-2-7-20-8-6-13(10-17(20)22)12-4-5-14-11-26-18(23)15(14)9-12/h4-6,8-10H,2-3,7,11H2,1H3,(H,19,21). The summed E-state index contributed by atoms with van der Waals surface area (Å²) in [5.74, 6) is -0.972. The SMILES string of the molecule is CS(=O)(=O)NC(=O)CCCn1ccc(-c2ccc3c(c2)C(=O)OC3)cc1=O. The van der Waals surface area contributed by atoms with E-state index in [1.54, 1.807) is 18.3 Å². The Morgan fingerprint density at radius 3 is 2.63 bits per heavy atom. The van der Waals surface area contributed by atoms with Gasteiger partial charge >= 0.3 is 5.97 Å². The summed E-state index contributed by atoms with van der Waals surface area (Å²) in [6, 6.07) is 8.55. The minimum Gasteiger partial charge on any atom is -0.457 e. The van der Waals surface area contributed by atoms with Crippen LogP contribution in [0.1, 0.15) is 28.8 Å². The van der Waals surface area contributed by atoms with Crippen LogP contribution in [0, 0.1) is 0 Å². The Labute approximate surface area is 155 Å². The second-order valence-electron chi connectivity index (χ2n) is 6.30. The van der Waals surface area contributed by atoms with Gasteiger partial charge in [-0.15, -0.1) is 0 Å². The van der Waals surface area contributed by atoms with Crippen molar-refractivity contribution in [2.45, 2.75) is 26.0 Å². The maximum atomic E-state index is 12.3. The molecule has 0 unspecified atom stereocenters. The summed E-state index contributed by atoms with van der Waals surface area (Å²) in [5.41, 5.74) is 2.50. The van der Waals surface area contributed by atoms with Crippen LogP contribution >= 0.6 is 0 Å². The first-order valence-corrected chi connectivity index (χ1v) is 10.1. The monoisotopic (exact) mass is 390 g/mol. The quantitative estimate of drug-likeness (QED) is 0.738. The van der Waals surface area contributed by atoms with E-state index in [1.165, 1.54) is 10.6 Å². The smallest absolute Gasteiger partial charge is 0.338 e. The highest BCUT2D eigenvalue weighted by atomic mass is 32.2. The molecule has 1 aliphatic heterocycles. The summed E-state index contributed by atoms with van der Waals surface area (Å²) >= 11 is 0. The number of ether oxygens (including phenoxy) is 1. The molecule has 1 N–H and O–H groups in total. The van der Waals surface area contributed by atoms with Crippen LogP contribution in [-0.4, -0.2) is 31.1 Å². The maximum absolute atomic E-state index is 12.3. The molecule has 1 aliphatic rings. The third kappa shape index (κ3) is 4.62. The van der Waals surface area contributed by atoms with E-state index < -0.39 is 15.9 Å². The van der Waals surface area contributed by atoms with E-state index in [1.807, 2.05) is 16.9 Å². The number of pyridine rings is 1. The molecule has 9 heteroatoms. The highest BCUT2D eigenvalue weighted by Gasteiger charge is 2.21. The Hall–Kier alpha value is -2.94. The lowest BCUT2D eigenvalue weighted by Crippen LogP contribution is -2.29. The zero-order valence-electron chi connectivity index (χ0n) is 14.6. The fourth-order valence-electron chi connectivity index (χ4n) is 2.83. The van der Waals surface area contributed by atoms with Crippen LogP contribution < -0.4 is 10.3 Å². The van der Waals surface area contributed by atoms with Gasteiger partial charge in [-0.3, -0.25) is 14.3 Å². The lowest BCUT2D eigenvalue weighted by atomic mass is 10.0. The number of hydrogen-bond donors (Lipinski definition) is 1. The molecule has 27 heavy (non-hydrogen) atoms. The number of rotatable bonds is 6. The van der Waals surface area contributed by atoms with Crippen molar-refractivity contribution in [2.24, 2.45) is 0 Å². The van der Waals surface area contributed by atoms with Crippen LogP contribution in [0.2, 0.25) is 0 Å². The van der Waals surface area contributed by atoms with Gasteiger partial charge in [0.25, 0.3) is 5.56 Å². The summed E-state index contributed by atoms with van der Waals surface area (Å²) in [6.45, 7) is 0.551. The van der Waals surface area contributed by atoms with Crippen molar-refractivity contribution in [1.82, 2.24) is 9.29 Å². The molecule has 0 bridgehead atoms. The molecule has 0 saturated carbocycles. The number of nitrogens with zero attached hydrogens (tertiary/aromatic N) is 1. The molecule has 0 atom stereocenters. The zero-order chi connectivity index (χ0) is 19.6. The molecule has 8 nitrogen and oxygen atoms in total. The summed E-state index contributed by atoms with van der Waals surface area (Å²) in [4.78, 5) is 35.4. The highest BCUT2D eigenvalue weighted by Crippen LogP contribution is 2.26. The van der Waals surface area contributed by atoms with Gasteiger partial charge in [-0.2, -0.15) is 0 Å². The number of fused-ring (bicyclic) bond motifs is 1. The number of cyclic esters (lactones) is 1. The van der Waals surface area contributed by atoms with Crippen molar-refractivity contribution in [3.05, 3.63) is 58.0 Å². The van der Waals surface area contributed by atoms with Crippen LogP contribution in [0.25, 0.3) is 11.1 Å². The summed E-state index contributed by atoms with van der Waals surface area (Å²) in [7, 11) is -3.57. The molecule has 1 aromatic carbocycles. The average molecular weight is 390 g/mol. The molecule has 0 saturated heterocycles. The van der Waals surface area contributed by atoms with Crippen LogP contribution in [0.3, 0.4) is 0 Å². The van der Waals surface area contributed by atoms with E-state index in [0.29, 0.717) is 17.5 Å². The predicted molar refractivity (Wildman–Crippen MR) is 97.5 cm³/mol. The van der Waals surface area contributed by atoms with E-state index in [9.17, 15) is 22.8 Å². The maximum Gasteiger partial charge on any atom is 0.338 e. The van der Waals surface area contributed by atoms with Crippen molar-refractivity contribution in [3.8, 4) is 11.1 Å². The van der Waals surface area contributed by atoms with Gasteiger partial charge in [-0.1, -0.05) is 12.1 Å². The van der Waals surface area contributed by atoms with Crippen molar-refractivity contribution < 1.29 is 22.7 Å². The Morgan fingerprint density at radius 2 is 1.93 bits per heavy atom. The molecule has 0 radical (unpaired) electrons. The zero-order valence-corrected chi connectivity index (χ0v) is 15.4. The number of amides is 1. The lowest BCUT2D eigenvalue weighted by molar-refractivity contribution is -0.119. The minimum atomic E-state index is -3.57. The number of benzene rings is 1. The van der Waals surface area contributed by atoms with E-state index in [-0.39, 0.29) is 31.1 Å². The van der Waals surface area contributed by atoms with Gasteiger partial charge in [0, 0.05) is 30.8 Å². The normalized spacial score (nSPS) is 13.1. The molecule has 2 aromatic rings. The van der Waals surface area contributed by atoms with Gasteiger partial charge in [0.05, 0.1) is 11.8 Å². The number of carbonyl (C=O) groups is 2. The van der Waals surface area contributed by atoms with Crippen molar-refractivity contribution in [3.63, 3.8) is 0 Å². The largest absolute Gasteiger partial charge is 0.457 e. The summed E-state index contributed by atoms with van der Waals surface area (Å²) in [5, 5.41) is 0. The van der Waals surface area contributed by atoms with Crippen LogP contribution in [0.5, 0.6) is 0 Å². The van der Waals surface area contributed by atoms with Gasteiger partial charge in [-0.05, 0) is 29.7 Å². The molecule has 0 fully saturated rings. The highest BCUT2D eigenvalue weighted by molar-refractivity contribution is 7.89. The number of sulfonamides is 1. The van der Waals surface area contributed by atoms with E-state index in [2.05, 4.69) is 0 Å². The van der Waals surface area contributed by atoms with Crippen LogP contribution in [0.4, 0.5) is 0 Å². The Morgan fingerprint density at radius 1 is 1.19 bits per heavy atom. The first-order valence-electron chi connectivity index (χ1n) is 8.24. The lowest BCUT2D eigenvalue weighted by Gasteiger charge is -2.08. The van der Waals surface area contributed by atoms with Crippen LogP contribution in [0.15, 0.2) is 41.3 Å². The van der Waals surface area contributed by atoms with E-state index in [4.69, 9.17) is 4.74 Å². The molecule has 142 valence electrons. The molecule has 0 aliphatic carbocycles. The number of carbonyl (C=O) groups excluding carboxylic acids is 2. The molecular weight excluding hydrogens is 372 g/mol. The Bertz CT molecular complexity index is 1070. The van der Waals surface area contributed by atoms with Crippen molar-refractivity contribution >= 4 is 21.9 Å². The third-order valence-corrected chi connectivity index (χ3v) is 4.72. The first kappa shape index (κ1) is 18.8. The Balaban J connectivity index is 1.68. The first-order chi connectivity index (χ1) is 12.7. The number of esters is 1. The van der Waals surface area contributed by atoms with Gasteiger partial charge in [0.1, 0.15) is 6.61 Å². The Kier molecular flexibility index (Phi) is 5.13. The fourth-order valence-corrected chi connectivity index (χ4v) is 3.35. The fraction of sp³-hybridized carbons (Fsp3) is 0.278. The third-order valence-electron chi connectivity index (χ3n) is 4.12. The molecule has 2 heterocycles. The minimum absolute atomic E-state index is 0.00576. The number of hydrogen-bond acceptors (Lipinski definition) is 6. The number of aromatic nitrogens is 1. The molecular formula is C18H18N2O6S. The average Bonchev–Trinajstić information content (AvgIpc) is 2.95. The van der Waals surface area contributed by atoms with E-state index >= 15 is 0 Å². The topological polar surface area (TPSA) is 112 Å². The van der Waals surface area contributed by atoms with Crippen molar-refractivity contribution in [2.75, 3.05) is 6.26 Å². The predicted octanol–water partition coefficient (Wildman–Crippen LogP) is 1.04. The van der Waals surface area contributed by atoms with Crippen LogP contribution in [-0.2, 0) is 32.7 Å². The van der Waals surface area contributed by atoms with E-state index in [0.717, 1.165) is 17.4 Å². The number of aryl methyl sites for hydroxylation is 1.